The van der Waals surface area contributed by atoms with Crippen LogP contribution in [0.4, 0.5) is 10.1 Å². The Morgan fingerprint density at radius 1 is 1.28 bits per heavy atom. The molecule has 3 rings (SSSR count). The Morgan fingerprint density at radius 2 is 2.00 bits per heavy atom. The van der Waals surface area contributed by atoms with Crippen LogP contribution >= 0.6 is 11.6 Å². The number of likely N-dealkylation sites (tertiary alicyclic amines) is 1. The van der Waals surface area contributed by atoms with Gasteiger partial charge in [0.2, 0.25) is 5.91 Å². The number of anilines is 1. The molecule has 0 aromatic heterocycles. The van der Waals surface area contributed by atoms with Crippen LogP contribution in [0.2, 0.25) is 5.02 Å². The number of hydrogen-bond donors (Lipinski definition) is 1. The molecular formula is C21H20ClFN2O4. The number of nitrogens with one attached hydrogen (secondary N) is 1. The molecule has 1 saturated heterocycles. The summed E-state index contributed by atoms with van der Waals surface area (Å²) >= 11 is 5.77. The monoisotopic (exact) mass is 418 g/mol. The second kappa shape index (κ2) is 9.05. The summed E-state index contributed by atoms with van der Waals surface area (Å²) in [6, 6.07) is 13.1. The van der Waals surface area contributed by atoms with Crippen molar-refractivity contribution in [3.05, 3.63) is 64.9 Å². The van der Waals surface area contributed by atoms with Gasteiger partial charge in [0.25, 0.3) is 5.91 Å². The van der Waals surface area contributed by atoms with E-state index in [1.54, 1.807) is 4.90 Å². The fourth-order valence-electron chi connectivity index (χ4n) is 3.21. The van der Waals surface area contributed by atoms with Crippen LogP contribution in [0.25, 0.3) is 0 Å². The van der Waals surface area contributed by atoms with Crippen molar-refractivity contribution in [1.82, 2.24) is 4.90 Å². The molecule has 0 aliphatic carbocycles. The lowest BCUT2D eigenvalue weighted by atomic mass is 10.1. The third kappa shape index (κ3) is 5.12. The minimum Gasteiger partial charge on any atom is -0.455 e. The molecule has 0 unspecified atom stereocenters. The maximum Gasteiger partial charge on any atom is 0.311 e. The Morgan fingerprint density at radius 3 is 2.72 bits per heavy atom. The number of carbonyl (C=O) groups is 3. The fourth-order valence-corrected chi connectivity index (χ4v) is 3.38. The zero-order valence-corrected chi connectivity index (χ0v) is 16.5. The quantitative estimate of drug-likeness (QED) is 0.728. The molecule has 1 heterocycles. The average molecular weight is 419 g/mol. The lowest BCUT2D eigenvalue weighted by Gasteiger charge is -2.25. The number of amides is 2. The van der Waals surface area contributed by atoms with Crippen LogP contribution < -0.4 is 5.32 Å². The Hall–Kier alpha value is -2.93. The van der Waals surface area contributed by atoms with E-state index in [1.807, 2.05) is 37.3 Å². The molecular weight excluding hydrogens is 399 g/mol. The molecule has 1 aliphatic rings. The van der Waals surface area contributed by atoms with Gasteiger partial charge in [0, 0.05) is 18.0 Å². The Balaban J connectivity index is 1.53. The number of hydrogen-bond acceptors (Lipinski definition) is 4. The van der Waals surface area contributed by atoms with Crippen molar-refractivity contribution < 1.29 is 23.5 Å². The third-order valence-electron chi connectivity index (χ3n) is 4.79. The zero-order valence-electron chi connectivity index (χ0n) is 15.7. The van der Waals surface area contributed by atoms with Crippen molar-refractivity contribution in [3.63, 3.8) is 0 Å². The van der Waals surface area contributed by atoms with Gasteiger partial charge in [-0.1, -0.05) is 41.9 Å². The SMILES string of the molecule is C[C@@H](c1ccccc1)N1C[C@H](C(=O)OCC(=O)Nc2cc(Cl)ccc2F)CC1=O. The number of benzene rings is 2. The summed E-state index contributed by atoms with van der Waals surface area (Å²) in [6.07, 6.45) is 0.0283. The molecule has 8 heteroatoms. The standard InChI is InChI=1S/C21H20ClFN2O4/c1-13(14-5-3-2-4-6-14)25-11-15(9-20(25)27)21(28)29-12-19(26)24-18-10-16(22)7-8-17(18)23/h2-8,10,13,15H,9,11-12H2,1H3,(H,24,26)/t13-,15+/m0/s1. The van der Waals surface area contributed by atoms with E-state index in [2.05, 4.69) is 5.32 Å². The Bertz CT molecular complexity index is 922. The Labute approximate surface area is 172 Å². The third-order valence-corrected chi connectivity index (χ3v) is 5.02. The van der Waals surface area contributed by atoms with Crippen LogP contribution in [0.5, 0.6) is 0 Å². The summed E-state index contributed by atoms with van der Waals surface area (Å²) in [5.74, 6) is -2.78. The summed E-state index contributed by atoms with van der Waals surface area (Å²) in [5, 5.41) is 2.56. The molecule has 0 saturated carbocycles. The number of halogens is 2. The van der Waals surface area contributed by atoms with Crippen LogP contribution in [-0.4, -0.2) is 35.8 Å². The average Bonchev–Trinajstić information content (AvgIpc) is 3.10. The van der Waals surface area contributed by atoms with Crippen LogP contribution in [0, 0.1) is 11.7 Å². The Kier molecular flexibility index (Phi) is 6.49. The number of nitrogens with zero attached hydrogens (tertiary/aromatic N) is 1. The molecule has 6 nitrogen and oxygen atoms in total. The second-order valence-corrected chi connectivity index (χ2v) is 7.25. The van der Waals surface area contributed by atoms with Crippen molar-refractivity contribution in [3.8, 4) is 0 Å². The molecule has 0 bridgehead atoms. The summed E-state index contributed by atoms with van der Waals surface area (Å²) in [7, 11) is 0. The van der Waals surface area contributed by atoms with Gasteiger partial charge in [0.15, 0.2) is 6.61 Å². The maximum absolute atomic E-state index is 13.7. The van der Waals surface area contributed by atoms with Crippen molar-refractivity contribution in [2.24, 2.45) is 5.92 Å². The summed E-state index contributed by atoms with van der Waals surface area (Å²) in [4.78, 5) is 38.2. The molecule has 152 valence electrons. The van der Waals surface area contributed by atoms with E-state index in [1.165, 1.54) is 12.1 Å². The first-order valence-electron chi connectivity index (χ1n) is 9.11. The van der Waals surface area contributed by atoms with E-state index < -0.39 is 30.2 Å². The predicted octanol–water partition coefficient (Wildman–Crippen LogP) is 3.57. The van der Waals surface area contributed by atoms with E-state index in [4.69, 9.17) is 16.3 Å². The van der Waals surface area contributed by atoms with E-state index in [9.17, 15) is 18.8 Å². The molecule has 1 aliphatic heterocycles. The number of rotatable bonds is 6. The van der Waals surface area contributed by atoms with Crippen LogP contribution in [-0.2, 0) is 19.1 Å². The molecule has 1 fully saturated rings. The van der Waals surface area contributed by atoms with Gasteiger partial charge in [0.1, 0.15) is 5.82 Å². The van der Waals surface area contributed by atoms with Gasteiger partial charge in [-0.2, -0.15) is 0 Å². The smallest absolute Gasteiger partial charge is 0.311 e. The molecule has 29 heavy (non-hydrogen) atoms. The topological polar surface area (TPSA) is 75.7 Å². The van der Waals surface area contributed by atoms with Crippen molar-refractivity contribution in [1.29, 1.82) is 0 Å². The van der Waals surface area contributed by atoms with Gasteiger partial charge in [0.05, 0.1) is 17.6 Å². The van der Waals surface area contributed by atoms with Gasteiger partial charge in [-0.25, -0.2) is 4.39 Å². The van der Waals surface area contributed by atoms with Gasteiger partial charge in [-0.3, -0.25) is 14.4 Å². The number of esters is 1. The van der Waals surface area contributed by atoms with Crippen LogP contribution in [0.1, 0.15) is 24.9 Å². The molecule has 2 aromatic carbocycles. The maximum atomic E-state index is 13.7. The summed E-state index contributed by atoms with van der Waals surface area (Å²) < 4.78 is 18.7. The lowest BCUT2D eigenvalue weighted by molar-refractivity contribution is -0.151. The molecule has 1 N–H and O–H groups in total. The normalized spacial score (nSPS) is 17.1. The molecule has 2 atom stereocenters. The van der Waals surface area contributed by atoms with Crippen molar-refractivity contribution in [2.45, 2.75) is 19.4 Å². The first-order chi connectivity index (χ1) is 13.8. The molecule has 0 radical (unpaired) electrons. The van der Waals surface area contributed by atoms with Crippen LogP contribution in [0.15, 0.2) is 48.5 Å². The minimum atomic E-state index is -0.696. The summed E-state index contributed by atoms with van der Waals surface area (Å²) in [6.45, 7) is 1.54. The summed E-state index contributed by atoms with van der Waals surface area (Å²) in [5.41, 5.74) is 0.871. The number of ether oxygens (including phenoxy) is 1. The highest BCUT2D eigenvalue weighted by molar-refractivity contribution is 6.30. The van der Waals surface area contributed by atoms with Gasteiger partial charge < -0.3 is 15.0 Å². The molecule has 0 spiro atoms. The largest absolute Gasteiger partial charge is 0.455 e. The first-order valence-corrected chi connectivity index (χ1v) is 9.49. The molecule has 2 amide bonds. The number of carbonyl (C=O) groups excluding carboxylic acids is 3. The predicted molar refractivity (Wildman–Crippen MR) is 106 cm³/mol. The first kappa shape index (κ1) is 20.8. The highest BCUT2D eigenvalue weighted by Gasteiger charge is 2.38. The minimum absolute atomic E-state index is 0.0283. The zero-order chi connectivity index (χ0) is 21.0. The van der Waals surface area contributed by atoms with E-state index in [0.29, 0.717) is 0 Å². The fraction of sp³-hybridized carbons (Fsp3) is 0.286. The van der Waals surface area contributed by atoms with E-state index >= 15 is 0 Å². The van der Waals surface area contributed by atoms with Gasteiger partial charge in [-0.05, 0) is 30.7 Å². The van der Waals surface area contributed by atoms with Gasteiger partial charge >= 0.3 is 5.97 Å². The lowest BCUT2D eigenvalue weighted by Crippen LogP contribution is -2.30. The van der Waals surface area contributed by atoms with Crippen molar-refractivity contribution >= 4 is 35.1 Å². The van der Waals surface area contributed by atoms with Gasteiger partial charge in [-0.15, -0.1) is 0 Å². The van der Waals surface area contributed by atoms with Crippen LogP contribution in [0.3, 0.4) is 0 Å². The second-order valence-electron chi connectivity index (χ2n) is 6.81. The van der Waals surface area contributed by atoms with E-state index in [-0.39, 0.29) is 35.6 Å². The highest BCUT2D eigenvalue weighted by atomic mass is 35.5. The van der Waals surface area contributed by atoms with E-state index in [0.717, 1.165) is 11.6 Å². The van der Waals surface area contributed by atoms with Crippen molar-refractivity contribution in [2.75, 3.05) is 18.5 Å². The highest BCUT2D eigenvalue weighted by Crippen LogP contribution is 2.29. The molecule has 2 aromatic rings.